The van der Waals surface area contributed by atoms with Crippen LogP contribution in [0.3, 0.4) is 0 Å². The fraction of sp³-hybridized carbons (Fsp3) is 0.286. The number of rotatable bonds is 3. The molecular weight excluding hydrogens is 432 g/mol. The Morgan fingerprint density at radius 3 is 2.54 bits per heavy atom. The van der Waals surface area contributed by atoms with Crippen molar-refractivity contribution in [1.82, 2.24) is 19.6 Å². The Balaban J connectivity index is 1.85. The summed E-state index contributed by atoms with van der Waals surface area (Å²) in [6.45, 7) is 11.2. The van der Waals surface area contributed by atoms with Gasteiger partial charge in [-0.25, -0.2) is 4.98 Å². The molecule has 0 spiro atoms. The molecule has 7 heteroatoms. The molecule has 0 amide bonds. The van der Waals surface area contributed by atoms with Crippen molar-refractivity contribution in [3.63, 3.8) is 0 Å². The van der Waals surface area contributed by atoms with Gasteiger partial charge in [-0.15, -0.1) is 10.2 Å². The average molecular weight is 455 g/mol. The Morgan fingerprint density at radius 1 is 1.00 bits per heavy atom. The Morgan fingerprint density at radius 2 is 1.79 bits per heavy atom. The Bertz CT molecular complexity index is 1180. The fourth-order valence-electron chi connectivity index (χ4n) is 2.79. The lowest BCUT2D eigenvalue weighted by Gasteiger charge is -2.36. The summed E-state index contributed by atoms with van der Waals surface area (Å²) in [5, 5.41) is 9.78. The number of pyridine rings is 2. The highest BCUT2D eigenvalue weighted by Gasteiger charge is 2.39. The minimum Gasteiger partial charge on any atom is -0.542 e. The summed E-state index contributed by atoms with van der Waals surface area (Å²) in [6, 6.07) is 14.0. The van der Waals surface area contributed by atoms with E-state index in [1.165, 1.54) is 0 Å². The number of para-hydroxylation sites is 1. The molecule has 0 bridgehead atoms. The molecule has 0 atom stereocenters. The summed E-state index contributed by atoms with van der Waals surface area (Å²) in [5.74, 6) is 1.54. The van der Waals surface area contributed by atoms with Crippen molar-refractivity contribution in [2.75, 3.05) is 0 Å². The van der Waals surface area contributed by atoms with Crippen molar-refractivity contribution < 1.29 is 4.43 Å². The number of aromatic nitrogens is 4. The molecule has 0 radical (unpaired) electrons. The van der Waals surface area contributed by atoms with Gasteiger partial charge in [0.05, 0.1) is 0 Å². The third kappa shape index (κ3) is 3.33. The molecule has 5 nitrogen and oxygen atoms in total. The molecule has 0 saturated carbocycles. The number of halogens is 1. The average Bonchev–Trinajstić information content (AvgIpc) is 3.03. The van der Waals surface area contributed by atoms with Crippen LogP contribution in [-0.4, -0.2) is 27.9 Å². The van der Waals surface area contributed by atoms with Crippen molar-refractivity contribution in [1.29, 1.82) is 0 Å². The van der Waals surface area contributed by atoms with Gasteiger partial charge in [-0.3, -0.25) is 4.40 Å². The molecule has 0 saturated heterocycles. The molecule has 0 aliphatic carbocycles. The van der Waals surface area contributed by atoms with E-state index in [0.29, 0.717) is 5.82 Å². The summed E-state index contributed by atoms with van der Waals surface area (Å²) in [6.07, 6.45) is 1.95. The van der Waals surface area contributed by atoms with Crippen LogP contribution in [0.25, 0.3) is 28.1 Å². The number of hydrogen-bond donors (Lipinski definition) is 0. The van der Waals surface area contributed by atoms with E-state index in [1.54, 1.807) is 0 Å². The monoisotopic (exact) mass is 454 g/mol. The van der Waals surface area contributed by atoms with Gasteiger partial charge in [0.15, 0.2) is 11.5 Å². The molecule has 0 aliphatic rings. The second-order valence-electron chi connectivity index (χ2n) is 8.49. The Kier molecular flexibility index (Phi) is 4.54. The van der Waals surface area contributed by atoms with Gasteiger partial charge < -0.3 is 4.43 Å². The first-order chi connectivity index (χ1) is 13.2. The zero-order valence-electron chi connectivity index (χ0n) is 16.7. The lowest BCUT2D eigenvalue weighted by molar-refractivity contribution is 0.495. The van der Waals surface area contributed by atoms with Crippen molar-refractivity contribution >= 4 is 40.8 Å². The van der Waals surface area contributed by atoms with Crippen LogP contribution >= 0.6 is 15.9 Å². The van der Waals surface area contributed by atoms with Gasteiger partial charge >= 0.3 is 0 Å². The number of fused-ring (bicyclic) bond motifs is 2. The Hall–Kier alpha value is -2.25. The van der Waals surface area contributed by atoms with Gasteiger partial charge in [-0.05, 0) is 58.3 Å². The molecule has 28 heavy (non-hydrogen) atoms. The van der Waals surface area contributed by atoms with Crippen LogP contribution in [0.2, 0.25) is 18.1 Å². The first-order valence-electron chi connectivity index (χ1n) is 9.25. The van der Waals surface area contributed by atoms with E-state index in [-0.39, 0.29) is 5.04 Å². The van der Waals surface area contributed by atoms with Crippen molar-refractivity contribution in [2.24, 2.45) is 0 Å². The molecule has 0 N–H and O–H groups in total. The summed E-state index contributed by atoms with van der Waals surface area (Å²) >= 11 is 3.51. The number of nitrogens with zero attached hydrogens (tertiary/aromatic N) is 4. The molecule has 0 fully saturated rings. The number of hydrogen-bond acceptors (Lipinski definition) is 4. The molecular formula is C21H23BrN4OSi. The summed E-state index contributed by atoms with van der Waals surface area (Å²) in [4.78, 5) is 4.92. The maximum atomic E-state index is 6.58. The summed E-state index contributed by atoms with van der Waals surface area (Å²) < 4.78 is 9.49. The highest BCUT2D eigenvalue weighted by Crippen LogP contribution is 2.39. The third-order valence-corrected chi connectivity index (χ3v) is 10.3. The van der Waals surface area contributed by atoms with Gasteiger partial charge in [-0.1, -0.05) is 39.0 Å². The zero-order chi connectivity index (χ0) is 20.1. The van der Waals surface area contributed by atoms with Gasteiger partial charge in [0.25, 0.3) is 8.32 Å². The second kappa shape index (κ2) is 6.67. The lowest BCUT2D eigenvalue weighted by Crippen LogP contribution is -2.43. The van der Waals surface area contributed by atoms with E-state index in [1.807, 2.05) is 40.9 Å². The van der Waals surface area contributed by atoms with Crippen LogP contribution < -0.4 is 4.43 Å². The minimum atomic E-state index is -1.98. The van der Waals surface area contributed by atoms with E-state index in [0.717, 1.165) is 32.5 Å². The van der Waals surface area contributed by atoms with Crippen LogP contribution in [0, 0.1) is 0 Å². The molecule has 0 aliphatic heterocycles. The third-order valence-electron chi connectivity index (χ3n) is 5.45. The maximum absolute atomic E-state index is 6.58. The molecule has 3 heterocycles. The van der Waals surface area contributed by atoms with Gasteiger partial charge in [0.1, 0.15) is 17.0 Å². The lowest BCUT2D eigenvalue weighted by atomic mass is 10.2. The highest BCUT2D eigenvalue weighted by molar-refractivity contribution is 9.10. The predicted molar refractivity (Wildman–Crippen MR) is 119 cm³/mol. The van der Waals surface area contributed by atoms with E-state index in [2.05, 4.69) is 72.1 Å². The van der Waals surface area contributed by atoms with Crippen LogP contribution in [0.15, 0.2) is 53.1 Å². The minimum absolute atomic E-state index is 0.113. The molecule has 0 unspecified atom stereocenters. The summed E-state index contributed by atoms with van der Waals surface area (Å²) in [7, 11) is -1.98. The highest BCUT2D eigenvalue weighted by atomic mass is 79.9. The van der Waals surface area contributed by atoms with E-state index in [4.69, 9.17) is 9.41 Å². The molecule has 3 aromatic heterocycles. The van der Waals surface area contributed by atoms with Crippen LogP contribution in [0.1, 0.15) is 20.8 Å². The smallest absolute Gasteiger partial charge is 0.250 e. The molecule has 144 valence electrons. The first kappa shape index (κ1) is 19.1. The van der Waals surface area contributed by atoms with Crippen LogP contribution in [-0.2, 0) is 0 Å². The quantitative estimate of drug-likeness (QED) is 0.351. The topological polar surface area (TPSA) is 52.3 Å². The van der Waals surface area contributed by atoms with Crippen molar-refractivity contribution in [2.45, 2.75) is 38.9 Å². The molecule has 4 aromatic rings. The normalized spacial score (nSPS) is 12.6. The SMILES string of the molecule is CC(C)(C)[Si](C)(C)Oc1cccc2ccc(-c3nnc4ccc(Br)cn34)nc12. The predicted octanol–water partition coefficient (Wildman–Crippen LogP) is 6.09. The fourth-order valence-corrected chi connectivity index (χ4v) is 4.15. The van der Waals surface area contributed by atoms with Gasteiger partial charge in [-0.2, -0.15) is 0 Å². The van der Waals surface area contributed by atoms with Crippen LogP contribution in [0.4, 0.5) is 0 Å². The molecule has 1 aromatic carbocycles. The largest absolute Gasteiger partial charge is 0.542 e. The van der Waals surface area contributed by atoms with E-state index >= 15 is 0 Å². The first-order valence-corrected chi connectivity index (χ1v) is 13.0. The molecule has 4 rings (SSSR count). The summed E-state index contributed by atoms with van der Waals surface area (Å²) in [5.41, 5.74) is 2.41. The standard InChI is InChI=1S/C21H23BrN4OSi/c1-21(2,3)28(4,5)27-17-8-6-7-14-9-11-16(23-19(14)17)20-25-24-18-12-10-15(22)13-26(18)20/h6-13H,1-5H3. The van der Waals surface area contributed by atoms with E-state index < -0.39 is 8.32 Å². The van der Waals surface area contributed by atoms with Gasteiger partial charge in [0, 0.05) is 16.1 Å². The zero-order valence-corrected chi connectivity index (χ0v) is 19.3. The van der Waals surface area contributed by atoms with E-state index in [9.17, 15) is 0 Å². The van der Waals surface area contributed by atoms with Crippen molar-refractivity contribution in [3.8, 4) is 17.3 Å². The van der Waals surface area contributed by atoms with Crippen molar-refractivity contribution in [3.05, 3.63) is 53.1 Å². The number of benzene rings is 1. The maximum Gasteiger partial charge on any atom is 0.250 e. The second-order valence-corrected chi connectivity index (χ2v) is 14.1. The Labute approximate surface area is 174 Å². The van der Waals surface area contributed by atoms with Gasteiger partial charge in [0.2, 0.25) is 0 Å². The van der Waals surface area contributed by atoms with Crippen LogP contribution in [0.5, 0.6) is 5.75 Å².